The Bertz CT molecular complexity index is 996. The number of nitrogens with zero attached hydrogens (tertiary/aromatic N) is 2. The highest BCUT2D eigenvalue weighted by Crippen LogP contribution is 2.37. The number of nitrogens with one attached hydrogen (secondary N) is 1. The average molecular weight is 388 g/mol. The van der Waals surface area contributed by atoms with Crippen molar-refractivity contribution in [2.24, 2.45) is 0 Å². The van der Waals surface area contributed by atoms with Crippen molar-refractivity contribution in [3.63, 3.8) is 0 Å². The molecule has 6 heteroatoms. The van der Waals surface area contributed by atoms with Crippen LogP contribution in [0.5, 0.6) is 0 Å². The van der Waals surface area contributed by atoms with Gasteiger partial charge in [-0.15, -0.1) is 23.7 Å². The van der Waals surface area contributed by atoms with Gasteiger partial charge in [0.15, 0.2) is 0 Å². The lowest BCUT2D eigenvalue weighted by molar-refractivity contribution is 1.23. The number of hydrogen-bond donors (Lipinski definition) is 1. The molecule has 0 atom stereocenters. The Kier molecular flexibility index (Phi) is 5.23. The molecule has 0 aliphatic heterocycles. The normalized spacial score (nSPS) is 10.5. The smallest absolute Gasteiger partial charge is 0.143 e. The minimum atomic E-state index is 0. The Balaban J connectivity index is 0.00000182. The van der Waals surface area contributed by atoms with Crippen molar-refractivity contribution in [2.45, 2.75) is 6.92 Å². The average Bonchev–Trinajstić information content (AvgIpc) is 3.03. The van der Waals surface area contributed by atoms with Gasteiger partial charge in [-0.05, 0) is 36.8 Å². The number of thiophene rings is 1. The van der Waals surface area contributed by atoms with E-state index in [9.17, 15) is 0 Å². The predicted octanol–water partition coefficient (Wildman–Crippen LogP) is 6.49. The zero-order valence-electron chi connectivity index (χ0n) is 13.4. The third-order valence-electron chi connectivity index (χ3n) is 3.84. The second-order valence-corrected chi connectivity index (χ2v) is 6.84. The maximum Gasteiger partial charge on any atom is 0.143 e. The highest BCUT2D eigenvalue weighted by molar-refractivity contribution is 7.17. The number of fused-ring (bicyclic) bond motifs is 1. The third kappa shape index (κ3) is 3.61. The lowest BCUT2D eigenvalue weighted by Crippen LogP contribution is -1.95. The molecule has 25 heavy (non-hydrogen) atoms. The van der Waals surface area contributed by atoms with Gasteiger partial charge in [-0.3, -0.25) is 0 Å². The molecule has 2 heterocycles. The molecule has 2 aromatic heterocycles. The zero-order valence-corrected chi connectivity index (χ0v) is 15.8. The first-order valence-electron chi connectivity index (χ1n) is 7.52. The minimum absolute atomic E-state index is 0. The summed E-state index contributed by atoms with van der Waals surface area (Å²) in [6.07, 6.45) is 1.59. The predicted molar refractivity (Wildman–Crippen MR) is 110 cm³/mol. The number of rotatable bonds is 3. The monoisotopic (exact) mass is 387 g/mol. The zero-order chi connectivity index (χ0) is 16.5. The highest BCUT2D eigenvalue weighted by atomic mass is 35.5. The molecule has 0 fully saturated rings. The summed E-state index contributed by atoms with van der Waals surface area (Å²) >= 11 is 7.59. The summed E-state index contributed by atoms with van der Waals surface area (Å²) in [7, 11) is 0. The largest absolute Gasteiger partial charge is 0.340 e. The van der Waals surface area contributed by atoms with Gasteiger partial charge in [0.25, 0.3) is 0 Å². The van der Waals surface area contributed by atoms with Crippen molar-refractivity contribution in [3.8, 4) is 11.1 Å². The van der Waals surface area contributed by atoms with Gasteiger partial charge in [-0.25, -0.2) is 9.97 Å². The van der Waals surface area contributed by atoms with Crippen LogP contribution in [-0.2, 0) is 0 Å². The van der Waals surface area contributed by atoms with E-state index in [1.54, 1.807) is 17.7 Å². The van der Waals surface area contributed by atoms with Gasteiger partial charge >= 0.3 is 0 Å². The van der Waals surface area contributed by atoms with Crippen LogP contribution in [0.15, 0.2) is 60.2 Å². The Morgan fingerprint density at radius 2 is 1.68 bits per heavy atom. The minimum Gasteiger partial charge on any atom is -0.340 e. The third-order valence-corrected chi connectivity index (χ3v) is 4.98. The van der Waals surface area contributed by atoms with Gasteiger partial charge in [0.05, 0.1) is 5.39 Å². The lowest BCUT2D eigenvalue weighted by Gasteiger charge is -2.08. The van der Waals surface area contributed by atoms with Crippen LogP contribution in [0, 0.1) is 6.92 Å². The van der Waals surface area contributed by atoms with Gasteiger partial charge in [-0.1, -0.05) is 41.4 Å². The van der Waals surface area contributed by atoms with Crippen LogP contribution in [0.2, 0.25) is 5.02 Å². The maximum absolute atomic E-state index is 5.96. The molecular formula is C19H15Cl2N3S. The molecule has 0 unspecified atom stereocenters. The fourth-order valence-electron chi connectivity index (χ4n) is 2.59. The molecule has 0 aliphatic rings. The molecule has 0 spiro atoms. The molecular weight excluding hydrogens is 373 g/mol. The van der Waals surface area contributed by atoms with Gasteiger partial charge < -0.3 is 5.32 Å². The second kappa shape index (κ2) is 7.40. The topological polar surface area (TPSA) is 37.8 Å². The van der Waals surface area contributed by atoms with E-state index in [0.29, 0.717) is 5.02 Å². The van der Waals surface area contributed by atoms with E-state index in [2.05, 4.69) is 51.9 Å². The molecule has 0 aliphatic carbocycles. The van der Waals surface area contributed by atoms with E-state index in [4.69, 9.17) is 11.6 Å². The van der Waals surface area contributed by atoms with Gasteiger partial charge in [0.1, 0.15) is 17.0 Å². The summed E-state index contributed by atoms with van der Waals surface area (Å²) in [4.78, 5) is 9.83. The molecule has 0 saturated carbocycles. The van der Waals surface area contributed by atoms with Crippen LogP contribution < -0.4 is 5.32 Å². The first kappa shape index (κ1) is 17.7. The van der Waals surface area contributed by atoms with Crippen molar-refractivity contribution >= 4 is 57.1 Å². The second-order valence-electron chi connectivity index (χ2n) is 5.55. The van der Waals surface area contributed by atoms with Crippen molar-refractivity contribution in [2.75, 3.05) is 5.32 Å². The van der Waals surface area contributed by atoms with Crippen molar-refractivity contribution in [1.82, 2.24) is 9.97 Å². The summed E-state index contributed by atoms with van der Waals surface area (Å²) < 4.78 is 0. The van der Waals surface area contributed by atoms with E-state index in [1.807, 2.05) is 24.3 Å². The van der Waals surface area contributed by atoms with Crippen molar-refractivity contribution in [3.05, 3.63) is 70.8 Å². The Labute approximate surface area is 161 Å². The van der Waals surface area contributed by atoms with E-state index in [0.717, 1.165) is 27.3 Å². The quantitative estimate of drug-likeness (QED) is 0.436. The maximum atomic E-state index is 5.96. The highest BCUT2D eigenvalue weighted by Gasteiger charge is 2.13. The fraction of sp³-hybridized carbons (Fsp3) is 0.0526. The van der Waals surface area contributed by atoms with Crippen LogP contribution in [-0.4, -0.2) is 9.97 Å². The van der Waals surface area contributed by atoms with Crippen LogP contribution in [0.1, 0.15) is 5.56 Å². The van der Waals surface area contributed by atoms with Crippen LogP contribution in [0.25, 0.3) is 21.3 Å². The Hall–Kier alpha value is -2.14. The standard InChI is InChI=1S/C19H14ClN3S.ClH/c1-12-2-4-13(5-3-12)16-10-24-19-17(16)18(21-11-22-19)23-15-8-6-14(20)7-9-15;/h2-11H,1H3,(H,21,22,23);1H. The first-order valence-corrected chi connectivity index (χ1v) is 8.78. The summed E-state index contributed by atoms with van der Waals surface area (Å²) in [5.41, 5.74) is 4.50. The van der Waals surface area contributed by atoms with Crippen LogP contribution in [0.4, 0.5) is 11.5 Å². The van der Waals surface area contributed by atoms with Gasteiger partial charge in [0, 0.05) is 21.7 Å². The molecule has 0 saturated heterocycles. The first-order chi connectivity index (χ1) is 11.7. The molecule has 0 bridgehead atoms. The van der Waals surface area contributed by atoms with Crippen molar-refractivity contribution < 1.29 is 0 Å². The molecule has 3 nitrogen and oxygen atoms in total. The summed E-state index contributed by atoms with van der Waals surface area (Å²) in [6.45, 7) is 2.09. The molecule has 4 rings (SSSR count). The van der Waals surface area contributed by atoms with Crippen molar-refractivity contribution in [1.29, 1.82) is 0 Å². The van der Waals surface area contributed by atoms with E-state index in [1.165, 1.54) is 11.1 Å². The number of benzene rings is 2. The number of aryl methyl sites for hydroxylation is 1. The molecule has 4 aromatic rings. The summed E-state index contributed by atoms with van der Waals surface area (Å²) in [5.74, 6) is 0.805. The van der Waals surface area contributed by atoms with Crippen LogP contribution in [0.3, 0.4) is 0 Å². The van der Waals surface area contributed by atoms with Crippen LogP contribution >= 0.6 is 35.3 Å². The summed E-state index contributed by atoms with van der Waals surface area (Å²) in [5, 5.41) is 7.27. The van der Waals surface area contributed by atoms with E-state index < -0.39 is 0 Å². The fourth-order valence-corrected chi connectivity index (χ4v) is 3.63. The molecule has 1 N–H and O–H groups in total. The Morgan fingerprint density at radius 1 is 0.960 bits per heavy atom. The molecule has 2 aromatic carbocycles. The number of halogens is 2. The SMILES string of the molecule is Cc1ccc(-c2csc3ncnc(Nc4ccc(Cl)cc4)c23)cc1.Cl. The lowest BCUT2D eigenvalue weighted by atomic mass is 10.0. The van der Waals surface area contributed by atoms with E-state index in [-0.39, 0.29) is 12.4 Å². The molecule has 0 amide bonds. The van der Waals surface area contributed by atoms with Gasteiger partial charge in [0.2, 0.25) is 0 Å². The Morgan fingerprint density at radius 3 is 2.40 bits per heavy atom. The van der Waals surface area contributed by atoms with Gasteiger partial charge in [-0.2, -0.15) is 0 Å². The van der Waals surface area contributed by atoms with E-state index >= 15 is 0 Å². The number of anilines is 2. The molecule has 0 radical (unpaired) electrons. The number of aromatic nitrogens is 2. The summed E-state index contributed by atoms with van der Waals surface area (Å²) in [6, 6.07) is 16.1. The molecule has 126 valence electrons. The number of hydrogen-bond acceptors (Lipinski definition) is 4.